The van der Waals surface area contributed by atoms with Crippen molar-refractivity contribution >= 4 is 0 Å². The van der Waals surface area contributed by atoms with Gasteiger partial charge in [0.1, 0.15) is 0 Å². The molecule has 4 N–H and O–H groups in total. The van der Waals surface area contributed by atoms with Crippen LogP contribution in [0.15, 0.2) is 0 Å². The maximum atomic E-state index is 7.32. The summed E-state index contributed by atoms with van der Waals surface area (Å²) in [5.41, 5.74) is 9.81. The Bertz CT molecular complexity index is 83.3. The minimum atomic E-state index is 0.597. The average molecular weight is 142 g/mol. The summed E-state index contributed by atoms with van der Waals surface area (Å²) in [5.74, 6) is 0. The largest absolute Gasteiger partial charge is 0.329 e. The fourth-order valence-corrected chi connectivity index (χ4v) is 0. The molecular formula is C6H14N4. The van der Waals surface area contributed by atoms with Crippen LogP contribution in [0.5, 0.6) is 0 Å². The Morgan fingerprint density at radius 3 is 1.10 bits per heavy atom. The van der Waals surface area contributed by atoms with Gasteiger partial charge in [0.15, 0.2) is 0 Å². The first-order valence-electron chi connectivity index (χ1n) is 2.76. The van der Waals surface area contributed by atoms with Gasteiger partial charge >= 0.3 is 0 Å². The highest BCUT2D eigenvalue weighted by molar-refractivity contribution is 4.51. The van der Waals surface area contributed by atoms with Crippen LogP contribution in [-0.2, 0) is 0 Å². The molecule has 0 rings (SSSR count). The quantitative estimate of drug-likeness (QED) is 0.536. The molecule has 0 saturated heterocycles. The SMILES string of the molecule is CC#N.CC#N.NCCN. The van der Waals surface area contributed by atoms with Crippen LogP contribution in [0, 0.1) is 22.7 Å². The second kappa shape index (κ2) is 44.7. The Kier molecular flexibility index (Phi) is 71.4. The maximum absolute atomic E-state index is 7.32. The van der Waals surface area contributed by atoms with Gasteiger partial charge in [-0.25, -0.2) is 0 Å². The van der Waals surface area contributed by atoms with Crippen molar-refractivity contribution in [2.24, 2.45) is 11.5 Å². The van der Waals surface area contributed by atoms with Gasteiger partial charge in [-0.05, 0) is 0 Å². The molecule has 4 nitrogen and oxygen atoms in total. The molecule has 4 heteroatoms. The van der Waals surface area contributed by atoms with Gasteiger partial charge in [-0.2, -0.15) is 10.5 Å². The molecule has 0 unspecified atom stereocenters. The monoisotopic (exact) mass is 142 g/mol. The summed E-state index contributed by atoms with van der Waals surface area (Å²) in [4.78, 5) is 0. The number of nitriles is 2. The van der Waals surface area contributed by atoms with Crippen molar-refractivity contribution in [3.8, 4) is 12.1 Å². The fraction of sp³-hybridized carbons (Fsp3) is 0.667. The Hall–Kier alpha value is -1.10. The Balaban J connectivity index is -0.0000000750. The third kappa shape index (κ3) is 24000. The van der Waals surface area contributed by atoms with E-state index in [-0.39, 0.29) is 0 Å². The molecule has 0 radical (unpaired) electrons. The zero-order valence-electron chi connectivity index (χ0n) is 6.46. The smallest absolute Gasteiger partial charge is 0.0587 e. The Morgan fingerprint density at radius 1 is 1.00 bits per heavy atom. The van der Waals surface area contributed by atoms with Gasteiger partial charge < -0.3 is 11.5 Å². The van der Waals surface area contributed by atoms with Crippen LogP contribution in [0.25, 0.3) is 0 Å². The zero-order chi connectivity index (χ0) is 8.83. The minimum Gasteiger partial charge on any atom is -0.329 e. The number of rotatable bonds is 1. The number of nitrogens with two attached hydrogens (primary N) is 2. The van der Waals surface area contributed by atoms with Crippen LogP contribution in [0.3, 0.4) is 0 Å². The van der Waals surface area contributed by atoms with E-state index in [1.54, 1.807) is 12.1 Å². The van der Waals surface area contributed by atoms with E-state index in [0.29, 0.717) is 13.1 Å². The van der Waals surface area contributed by atoms with Crippen molar-refractivity contribution < 1.29 is 0 Å². The molecule has 0 spiro atoms. The molecule has 0 aromatic rings. The van der Waals surface area contributed by atoms with Gasteiger partial charge in [0.2, 0.25) is 0 Å². The van der Waals surface area contributed by atoms with Gasteiger partial charge in [0, 0.05) is 26.9 Å². The van der Waals surface area contributed by atoms with E-state index in [0.717, 1.165) is 0 Å². The van der Waals surface area contributed by atoms with E-state index >= 15 is 0 Å². The highest BCUT2D eigenvalue weighted by Crippen LogP contribution is 1.24. The molecule has 0 saturated carbocycles. The topological polar surface area (TPSA) is 99.6 Å². The molecule has 0 aliphatic carbocycles. The molecule has 0 aliphatic rings. The summed E-state index contributed by atoms with van der Waals surface area (Å²) >= 11 is 0. The second-order valence-corrected chi connectivity index (χ2v) is 1.02. The van der Waals surface area contributed by atoms with E-state index in [9.17, 15) is 0 Å². The normalized spacial score (nSPS) is 4.60. The van der Waals surface area contributed by atoms with Crippen molar-refractivity contribution in [1.82, 2.24) is 0 Å². The van der Waals surface area contributed by atoms with E-state index in [1.807, 2.05) is 0 Å². The van der Waals surface area contributed by atoms with Crippen LogP contribution in [0.4, 0.5) is 0 Å². The van der Waals surface area contributed by atoms with Gasteiger partial charge in [-0.15, -0.1) is 0 Å². The highest BCUT2D eigenvalue weighted by Gasteiger charge is 1.54. The standard InChI is InChI=1S/C2H8N2.2C2H3N/c3-1-2-4;2*1-2-3/h1-4H2;2*1H3. The van der Waals surface area contributed by atoms with Crippen LogP contribution < -0.4 is 11.5 Å². The average Bonchev–Trinajstić information content (AvgIpc) is 1.91. The molecule has 0 aromatic carbocycles. The summed E-state index contributed by atoms with van der Waals surface area (Å²) in [6, 6.07) is 3.50. The molecule has 0 fully saturated rings. The summed E-state index contributed by atoms with van der Waals surface area (Å²) in [6.07, 6.45) is 0. The number of nitrogens with zero attached hydrogens (tertiary/aromatic N) is 2. The van der Waals surface area contributed by atoms with Crippen LogP contribution >= 0.6 is 0 Å². The molecule has 0 atom stereocenters. The molecule has 58 valence electrons. The summed E-state index contributed by atoms with van der Waals surface area (Å²) < 4.78 is 0. The number of hydrogen-bond acceptors (Lipinski definition) is 4. The molecule has 0 aliphatic heterocycles. The Labute approximate surface area is 62.0 Å². The molecule has 0 amide bonds. The van der Waals surface area contributed by atoms with E-state index in [1.165, 1.54) is 13.8 Å². The summed E-state index contributed by atoms with van der Waals surface area (Å²) in [7, 11) is 0. The van der Waals surface area contributed by atoms with Crippen LogP contribution in [0.2, 0.25) is 0 Å². The number of hydrogen-bond donors (Lipinski definition) is 2. The van der Waals surface area contributed by atoms with E-state index in [4.69, 9.17) is 22.0 Å². The molecule has 0 heterocycles. The third-order valence-electron chi connectivity index (χ3n) is 0.167. The van der Waals surface area contributed by atoms with Gasteiger partial charge in [0.25, 0.3) is 0 Å². The first-order valence-corrected chi connectivity index (χ1v) is 2.76. The third-order valence-corrected chi connectivity index (χ3v) is 0.167. The van der Waals surface area contributed by atoms with Crippen molar-refractivity contribution in [1.29, 1.82) is 10.5 Å². The first-order chi connectivity index (χ1) is 4.74. The highest BCUT2D eigenvalue weighted by atomic mass is 14.6. The first kappa shape index (κ1) is 16.0. The van der Waals surface area contributed by atoms with Crippen LogP contribution in [0.1, 0.15) is 13.8 Å². The van der Waals surface area contributed by atoms with Crippen molar-refractivity contribution in [2.75, 3.05) is 13.1 Å². The van der Waals surface area contributed by atoms with Gasteiger partial charge in [0.05, 0.1) is 12.1 Å². The van der Waals surface area contributed by atoms with E-state index < -0.39 is 0 Å². The van der Waals surface area contributed by atoms with Crippen molar-refractivity contribution in [3.05, 3.63) is 0 Å². The van der Waals surface area contributed by atoms with Crippen molar-refractivity contribution in [2.45, 2.75) is 13.8 Å². The molecule has 0 bridgehead atoms. The van der Waals surface area contributed by atoms with Crippen LogP contribution in [-0.4, -0.2) is 13.1 Å². The lowest BCUT2D eigenvalue weighted by atomic mass is 10.7. The molecule has 10 heavy (non-hydrogen) atoms. The fourth-order valence-electron chi connectivity index (χ4n) is 0. The van der Waals surface area contributed by atoms with Gasteiger partial charge in [-0.1, -0.05) is 0 Å². The lowest BCUT2D eigenvalue weighted by Crippen LogP contribution is -2.11. The minimum absolute atomic E-state index is 0.597. The van der Waals surface area contributed by atoms with Gasteiger partial charge in [-0.3, -0.25) is 0 Å². The van der Waals surface area contributed by atoms with Crippen molar-refractivity contribution in [3.63, 3.8) is 0 Å². The summed E-state index contributed by atoms with van der Waals surface area (Å²) in [5, 5.41) is 14.6. The Morgan fingerprint density at radius 2 is 1.10 bits per heavy atom. The van der Waals surface area contributed by atoms with E-state index in [2.05, 4.69) is 0 Å². The molecular weight excluding hydrogens is 128 g/mol. The zero-order valence-corrected chi connectivity index (χ0v) is 6.46. The molecule has 0 aromatic heterocycles. The predicted molar refractivity (Wildman–Crippen MR) is 40.7 cm³/mol. The summed E-state index contributed by atoms with van der Waals surface area (Å²) in [6.45, 7) is 4.06. The second-order valence-electron chi connectivity index (χ2n) is 1.02. The lowest BCUT2D eigenvalue weighted by molar-refractivity contribution is 0.976. The predicted octanol–water partition coefficient (Wildman–Crippen LogP) is -0.0364. The maximum Gasteiger partial charge on any atom is 0.0587 e. The lowest BCUT2D eigenvalue weighted by Gasteiger charge is -1.72.